The maximum atomic E-state index is 12.1. The zero-order chi connectivity index (χ0) is 14.1. The molecule has 0 aliphatic carbocycles. The monoisotopic (exact) mass is 291 g/mol. The van der Waals surface area contributed by atoms with Crippen LogP contribution >= 0.6 is 11.6 Å². The minimum atomic E-state index is -0.484. The van der Waals surface area contributed by atoms with Crippen molar-refractivity contribution in [2.45, 2.75) is 13.0 Å². The molecule has 0 fully saturated rings. The Kier molecular flexibility index (Phi) is 3.07. The van der Waals surface area contributed by atoms with Gasteiger partial charge in [-0.25, -0.2) is 4.98 Å². The predicted molar refractivity (Wildman–Crippen MR) is 72.3 cm³/mol. The maximum Gasteiger partial charge on any atom is 0.251 e. The number of amides is 1. The van der Waals surface area contributed by atoms with Gasteiger partial charge in [0.05, 0.1) is 6.33 Å². The van der Waals surface area contributed by atoms with E-state index in [2.05, 4.69) is 30.4 Å². The number of nitrogens with one attached hydrogen (secondary N) is 2. The lowest BCUT2D eigenvalue weighted by atomic mass is 10.3. The Balaban J connectivity index is 1.84. The van der Waals surface area contributed by atoms with Crippen LogP contribution < -0.4 is 5.32 Å². The molecule has 1 atom stereocenters. The van der Waals surface area contributed by atoms with E-state index in [1.165, 1.54) is 11.0 Å². The fraction of sp³-hybridized carbons (Fsp3) is 0.182. The fourth-order valence-electron chi connectivity index (χ4n) is 1.70. The molecule has 0 saturated heterocycles. The summed E-state index contributed by atoms with van der Waals surface area (Å²) in [7, 11) is 0. The highest BCUT2D eigenvalue weighted by Crippen LogP contribution is 2.18. The van der Waals surface area contributed by atoms with Crippen molar-refractivity contribution in [3.05, 3.63) is 29.9 Å². The van der Waals surface area contributed by atoms with Gasteiger partial charge in [-0.3, -0.25) is 14.8 Å². The van der Waals surface area contributed by atoms with Crippen molar-refractivity contribution in [2.75, 3.05) is 5.32 Å². The number of H-pyrrole nitrogens is 1. The number of aromatic amines is 1. The number of aromatic nitrogens is 6. The zero-order valence-corrected chi connectivity index (χ0v) is 11.2. The predicted octanol–water partition coefficient (Wildman–Crippen LogP) is 1.40. The Morgan fingerprint density at radius 2 is 2.35 bits per heavy atom. The highest BCUT2D eigenvalue weighted by atomic mass is 35.5. The van der Waals surface area contributed by atoms with Gasteiger partial charge in [-0.15, -0.1) is 0 Å². The van der Waals surface area contributed by atoms with Gasteiger partial charge in [-0.2, -0.15) is 15.1 Å². The summed E-state index contributed by atoms with van der Waals surface area (Å²) in [4.78, 5) is 27.0. The molecule has 1 unspecified atom stereocenters. The molecule has 2 N–H and O–H groups in total. The third-order valence-electron chi connectivity index (χ3n) is 2.78. The van der Waals surface area contributed by atoms with E-state index in [1.807, 2.05) is 0 Å². The summed E-state index contributed by atoms with van der Waals surface area (Å²) in [5.41, 5.74) is 0.928. The summed E-state index contributed by atoms with van der Waals surface area (Å²) < 4.78 is 1.53. The van der Waals surface area contributed by atoms with Crippen molar-refractivity contribution in [2.24, 2.45) is 0 Å². The minimum Gasteiger partial charge on any atom is -0.341 e. The van der Waals surface area contributed by atoms with Crippen molar-refractivity contribution in [1.82, 2.24) is 29.7 Å². The van der Waals surface area contributed by atoms with Crippen molar-refractivity contribution in [3.63, 3.8) is 0 Å². The number of carbonyl (C=O) groups excluding carboxylic acids is 1. The summed E-state index contributed by atoms with van der Waals surface area (Å²) in [6.45, 7) is 1.72. The summed E-state index contributed by atoms with van der Waals surface area (Å²) in [6, 6.07) is 1.26. The second-order valence-electron chi connectivity index (χ2n) is 4.09. The standard InChI is InChI=1S/C11H10ClN7O/c1-6(19-4-2-3-15-19)10(20)18-11-16-8(12)7-9(17-11)14-5-13-7/h2-6H,1H3,(H2,13,14,16,17,18,20). The van der Waals surface area contributed by atoms with Gasteiger partial charge in [0, 0.05) is 12.4 Å². The van der Waals surface area contributed by atoms with Gasteiger partial charge >= 0.3 is 0 Å². The first-order valence-corrected chi connectivity index (χ1v) is 6.19. The molecule has 20 heavy (non-hydrogen) atoms. The van der Waals surface area contributed by atoms with Crippen molar-refractivity contribution in [3.8, 4) is 0 Å². The van der Waals surface area contributed by atoms with Gasteiger partial charge in [-0.05, 0) is 13.0 Å². The highest BCUT2D eigenvalue weighted by molar-refractivity contribution is 6.33. The van der Waals surface area contributed by atoms with Crippen LogP contribution in [0.4, 0.5) is 5.95 Å². The lowest BCUT2D eigenvalue weighted by Crippen LogP contribution is -2.25. The Morgan fingerprint density at radius 3 is 3.10 bits per heavy atom. The third kappa shape index (κ3) is 2.21. The van der Waals surface area contributed by atoms with Crippen LogP contribution in [0.15, 0.2) is 24.8 Å². The Morgan fingerprint density at radius 1 is 1.50 bits per heavy atom. The van der Waals surface area contributed by atoms with Crippen LogP contribution in [0.2, 0.25) is 5.15 Å². The summed E-state index contributed by atoms with van der Waals surface area (Å²) >= 11 is 5.97. The molecule has 3 heterocycles. The van der Waals surface area contributed by atoms with Crippen LogP contribution in [0.25, 0.3) is 11.2 Å². The zero-order valence-electron chi connectivity index (χ0n) is 10.4. The second-order valence-corrected chi connectivity index (χ2v) is 4.45. The van der Waals surface area contributed by atoms with E-state index >= 15 is 0 Å². The Labute approximate surface area is 118 Å². The van der Waals surface area contributed by atoms with E-state index in [4.69, 9.17) is 11.6 Å². The van der Waals surface area contributed by atoms with Crippen LogP contribution in [-0.2, 0) is 4.79 Å². The van der Waals surface area contributed by atoms with Gasteiger partial charge < -0.3 is 4.98 Å². The molecule has 3 aromatic heterocycles. The van der Waals surface area contributed by atoms with E-state index in [-0.39, 0.29) is 17.0 Å². The van der Waals surface area contributed by atoms with Crippen LogP contribution in [0, 0.1) is 0 Å². The van der Waals surface area contributed by atoms with Crippen LogP contribution in [-0.4, -0.2) is 35.6 Å². The molecular weight excluding hydrogens is 282 g/mol. The van der Waals surface area contributed by atoms with Gasteiger partial charge in [0.15, 0.2) is 10.8 Å². The molecule has 0 spiro atoms. The molecule has 0 radical (unpaired) electrons. The maximum absolute atomic E-state index is 12.1. The lowest BCUT2D eigenvalue weighted by Gasteiger charge is -2.11. The van der Waals surface area contributed by atoms with Crippen molar-refractivity contribution >= 4 is 34.6 Å². The van der Waals surface area contributed by atoms with Crippen molar-refractivity contribution < 1.29 is 4.79 Å². The first kappa shape index (κ1) is 12.5. The van der Waals surface area contributed by atoms with Crippen LogP contribution in [0.5, 0.6) is 0 Å². The van der Waals surface area contributed by atoms with E-state index < -0.39 is 6.04 Å². The third-order valence-corrected chi connectivity index (χ3v) is 3.05. The van der Waals surface area contributed by atoms with Crippen LogP contribution in [0.3, 0.4) is 0 Å². The number of rotatable bonds is 3. The molecular formula is C11H10ClN7O. The summed E-state index contributed by atoms with van der Waals surface area (Å²) in [6.07, 6.45) is 4.77. The molecule has 8 nitrogen and oxygen atoms in total. The number of carbonyl (C=O) groups is 1. The van der Waals surface area contributed by atoms with Crippen LogP contribution in [0.1, 0.15) is 13.0 Å². The molecule has 0 aliphatic rings. The molecule has 0 bridgehead atoms. The number of imidazole rings is 1. The largest absolute Gasteiger partial charge is 0.341 e. The van der Waals surface area contributed by atoms with Gasteiger partial charge in [0.25, 0.3) is 5.91 Å². The number of fused-ring (bicyclic) bond motifs is 1. The first-order valence-electron chi connectivity index (χ1n) is 5.82. The average Bonchev–Trinajstić information content (AvgIpc) is 3.08. The molecule has 9 heteroatoms. The first-order chi connectivity index (χ1) is 9.65. The van der Waals surface area contributed by atoms with E-state index in [9.17, 15) is 4.79 Å². The Hall–Kier alpha value is -2.48. The molecule has 3 aromatic rings. The number of nitrogens with zero attached hydrogens (tertiary/aromatic N) is 5. The molecule has 3 rings (SSSR count). The molecule has 0 saturated carbocycles. The molecule has 0 aliphatic heterocycles. The lowest BCUT2D eigenvalue weighted by molar-refractivity contribution is -0.119. The number of halogens is 1. The topological polar surface area (TPSA) is 101 Å². The van der Waals surface area contributed by atoms with E-state index in [0.29, 0.717) is 11.2 Å². The number of anilines is 1. The van der Waals surface area contributed by atoms with Crippen molar-refractivity contribution in [1.29, 1.82) is 0 Å². The van der Waals surface area contributed by atoms with Gasteiger partial charge in [0.1, 0.15) is 11.6 Å². The minimum absolute atomic E-state index is 0.110. The SMILES string of the molecule is CC(C(=O)Nc1nc(Cl)c2[nH]cnc2n1)n1cccn1. The second kappa shape index (κ2) is 4.89. The average molecular weight is 292 g/mol. The Bertz CT molecular complexity index is 751. The highest BCUT2D eigenvalue weighted by Gasteiger charge is 2.17. The molecule has 102 valence electrons. The summed E-state index contributed by atoms with van der Waals surface area (Å²) in [5, 5.41) is 6.81. The molecule has 0 aromatic carbocycles. The number of hydrogen-bond acceptors (Lipinski definition) is 5. The van der Waals surface area contributed by atoms with Gasteiger partial charge in [-0.1, -0.05) is 11.6 Å². The smallest absolute Gasteiger partial charge is 0.251 e. The van der Waals surface area contributed by atoms with Gasteiger partial charge in [0.2, 0.25) is 5.95 Å². The quantitative estimate of drug-likeness (QED) is 0.710. The normalized spacial score (nSPS) is 12.5. The molecule has 1 amide bonds. The van der Waals surface area contributed by atoms with E-state index in [1.54, 1.807) is 25.4 Å². The summed E-state index contributed by atoms with van der Waals surface area (Å²) in [5.74, 6) is -0.182. The van der Waals surface area contributed by atoms with E-state index in [0.717, 1.165) is 0 Å². The number of hydrogen-bond donors (Lipinski definition) is 2. The fourth-order valence-corrected chi connectivity index (χ4v) is 1.92.